The number of fused-ring (bicyclic) bond motifs is 2. The van der Waals surface area contributed by atoms with E-state index in [-0.39, 0.29) is 0 Å². The normalized spacial score (nSPS) is 27.6. The van der Waals surface area contributed by atoms with Crippen LogP contribution in [0.5, 0.6) is 0 Å². The van der Waals surface area contributed by atoms with Gasteiger partial charge < -0.3 is 15.0 Å². The Morgan fingerprint density at radius 1 is 1.35 bits per heavy atom. The number of nitrogens with one attached hydrogen (secondary N) is 1. The summed E-state index contributed by atoms with van der Waals surface area (Å²) in [6.07, 6.45) is 1.63. The molecule has 0 saturated carbocycles. The number of nitrogens with zero attached hydrogens (tertiary/aromatic N) is 3. The van der Waals surface area contributed by atoms with E-state index in [1.807, 2.05) is 12.1 Å². The second-order valence-corrected chi connectivity index (χ2v) is 4.43. The van der Waals surface area contributed by atoms with Gasteiger partial charge in [0, 0.05) is 19.3 Å². The zero-order chi connectivity index (χ0) is 11.7. The summed E-state index contributed by atoms with van der Waals surface area (Å²) in [6, 6.07) is 6.54. The van der Waals surface area contributed by atoms with E-state index in [9.17, 15) is 0 Å². The summed E-state index contributed by atoms with van der Waals surface area (Å²) >= 11 is 0. The van der Waals surface area contributed by atoms with Crippen LogP contribution in [0.2, 0.25) is 0 Å². The van der Waals surface area contributed by atoms with Crippen LogP contribution in [0.1, 0.15) is 5.56 Å². The molecule has 2 aliphatic heterocycles. The second-order valence-electron chi connectivity index (χ2n) is 4.43. The van der Waals surface area contributed by atoms with Crippen LogP contribution in [0.15, 0.2) is 18.3 Å². The first-order valence-corrected chi connectivity index (χ1v) is 5.81. The van der Waals surface area contributed by atoms with Gasteiger partial charge in [-0.2, -0.15) is 5.26 Å². The molecule has 0 aromatic carbocycles. The number of nitriles is 1. The molecule has 88 valence electrons. The maximum Gasteiger partial charge on any atom is 0.129 e. The third-order valence-electron chi connectivity index (χ3n) is 3.31. The van der Waals surface area contributed by atoms with Crippen LogP contribution in [-0.4, -0.2) is 43.4 Å². The fraction of sp³-hybridized carbons (Fsp3) is 0.500. The van der Waals surface area contributed by atoms with E-state index < -0.39 is 0 Å². The minimum absolute atomic E-state index is 0.350. The van der Waals surface area contributed by atoms with Gasteiger partial charge in [0.05, 0.1) is 30.9 Å². The van der Waals surface area contributed by atoms with Gasteiger partial charge in [-0.15, -0.1) is 0 Å². The van der Waals surface area contributed by atoms with E-state index in [4.69, 9.17) is 10.00 Å². The van der Waals surface area contributed by atoms with E-state index in [0.29, 0.717) is 17.6 Å². The Morgan fingerprint density at radius 2 is 2.12 bits per heavy atom. The molecule has 2 atom stereocenters. The van der Waals surface area contributed by atoms with Crippen LogP contribution in [0, 0.1) is 11.3 Å². The van der Waals surface area contributed by atoms with Crippen LogP contribution < -0.4 is 10.2 Å². The van der Waals surface area contributed by atoms with Gasteiger partial charge in [-0.05, 0) is 12.1 Å². The topological polar surface area (TPSA) is 61.2 Å². The van der Waals surface area contributed by atoms with Crippen molar-refractivity contribution in [1.29, 1.82) is 5.26 Å². The molecule has 2 unspecified atom stereocenters. The van der Waals surface area contributed by atoms with E-state index >= 15 is 0 Å². The lowest BCUT2D eigenvalue weighted by Crippen LogP contribution is -2.64. The molecule has 0 aliphatic carbocycles. The lowest BCUT2D eigenvalue weighted by molar-refractivity contribution is 0.0523. The summed E-state index contributed by atoms with van der Waals surface area (Å²) in [4.78, 5) is 6.70. The average Bonchev–Trinajstić information content (AvgIpc) is 2.38. The summed E-state index contributed by atoms with van der Waals surface area (Å²) in [5.74, 6) is 0.948. The highest BCUT2D eigenvalue weighted by molar-refractivity contribution is 5.45. The molecule has 17 heavy (non-hydrogen) atoms. The average molecular weight is 230 g/mol. The van der Waals surface area contributed by atoms with Crippen molar-refractivity contribution in [2.75, 3.05) is 31.2 Å². The minimum Gasteiger partial charge on any atom is -0.377 e. The monoisotopic (exact) mass is 230 g/mol. The molecule has 0 spiro atoms. The zero-order valence-corrected chi connectivity index (χ0v) is 9.47. The van der Waals surface area contributed by atoms with E-state index in [1.54, 1.807) is 6.20 Å². The quantitative estimate of drug-likeness (QED) is 0.743. The van der Waals surface area contributed by atoms with Crippen molar-refractivity contribution in [3.05, 3.63) is 23.9 Å². The third kappa shape index (κ3) is 1.86. The molecule has 2 fully saturated rings. The predicted molar refractivity (Wildman–Crippen MR) is 62.7 cm³/mol. The van der Waals surface area contributed by atoms with Gasteiger partial charge in [-0.25, -0.2) is 4.98 Å². The van der Waals surface area contributed by atoms with Gasteiger partial charge >= 0.3 is 0 Å². The van der Waals surface area contributed by atoms with Gasteiger partial charge in [0.25, 0.3) is 0 Å². The smallest absolute Gasteiger partial charge is 0.129 e. The van der Waals surface area contributed by atoms with Crippen molar-refractivity contribution in [3.63, 3.8) is 0 Å². The fourth-order valence-corrected chi connectivity index (χ4v) is 2.51. The Balaban J connectivity index is 1.89. The summed E-state index contributed by atoms with van der Waals surface area (Å²) in [7, 11) is 0. The van der Waals surface area contributed by atoms with Gasteiger partial charge in [-0.1, -0.05) is 0 Å². The van der Waals surface area contributed by atoms with Crippen LogP contribution in [0.4, 0.5) is 5.82 Å². The summed E-state index contributed by atoms with van der Waals surface area (Å²) in [6.45, 7) is 3.34. The molecule has 1 aromatic rings. The lowest BCUT2D eigenvalue weighted by atomic mass is 10.1. The SMILES string of the molecule is N#Cc1ccc(N2C3CNCC2COC3)nc1. The molecule has 0 amide bonds. The molecule has 2 bridgehead atoms. The number of anilines is 1. The number of rotatable bonds is 1. The molecule has 1 aromatic heterocycles. The number of pyridine rings is 1. The van der Waals surface area contributed by atoms with Crippen molar-refractivity contribution < 1.29 is 4.74 Å². The van der Waals surface area contributed by atoms with Gasteiger partial charge in [-0.3, -0.25) is 0 Å². The van der Waals surface area contributed by atoms with Crippen LogP contribution in [0.3, 0.4) is 0 Å². The maximum atomic E-state index is 8.77. The van der Waals surface area contributed by atoms with E-state index in [0.717, 1.165) is 32.1 Å². The van der Waals surface area contributed by atoms with Crippen molar-refractivity contribution in [1.82, 2.24) is 10.3 Å². The first-order chi connectivity index (χ1) is 8.38. The molecule has 1 N–H and O–H groups in total. The van der Waals surface area contributed by atoms with Gasteiger partial charge in [0.2, 0.25) is 0 Å². The maximum absolute atomic E-state index is 8.77. The molecule has 2 saturated heterocycles. The van der Waals surface area contributed by atoms with Gasteiger partial charge in [0.1, 0.15) is 11.9 Å². The molecule has 2 aliphatic rings. The number of aromatic nitrogens is 1. The largest absolute Gasteiger partial charge is 0.377 e. The number of ether oxygens (including phenoxy) is 1. The van der Waals surface area contributed by atoms with Crippen molar-refractivity contribution >= 4 is 5.82 Å². The van der Waals surface area contributed by atoms with Crippen LogP contribution in [0.25, 0.3) is 0 Å². The number of hydrogen-bond donors (Lipinski definition) is 1. The summed E-state index contributed by atoms with van der Waals surface area (Å²) in [5, 5.41) is 12.2. The fourth-order valence-electron chi connectivity index (χ4n) is 2.51. The highest BCUT2D eigenvalue weighted by atomic mass is 16.5. The van der Waals surface area contributed by atoms with Crippen molar-refractivity contribution in [2.45, 2.75) is 12.1 Å². The molecule has 5 heteroatoms. The van der Waals surface area contributed by atoms with Crippen LogP contribution >= 0.6 is 0 Å². The molecule has 0 radical (unpaired) electrons. The Hall–Kier alpha value is -1.64. The Kier molecular flexibility index (Phi) is 2.67. The molecular formula is C12H14N4O. The number of morpholine rings is 1. The first kappa shape index (κ1) is 10.5. The zero-order valence-electron chi connectivity index (χ0n) is 9.47. The number of hydrogen-bond acceptors (Lipinski definition) is 5. The Bertz CT molecular complexity index is 417. The van der Waals surface area contributed by atoms with Crippen LogP contribution in [-0.2, 0) is 4.74 Å². The molecular weight excluding hydrogens is 216 g/mol. The highest BCUT2D eigenvalue weighted by Crippen LogP contribution is 2.23. The molecule has 3 heterocycles. The second kappa shape index (κ2) is 4.32. The Labute approximate surface area is 100 Å². The van der Waals surface area contributed by atoms with E-state index in [1.165, 1.54) is 0 Å². The predicted octanol–water partition coefficient (Wildman–Crippen LogP) is 0.130. The minimum atomic E-state index is 0.350. The summed E-state index contributed by atoms with van der Waals surface area (Å²) in [5.41, 5.74) is 0.602. The van der Waals surface area contributed by atoms with Crippen molar-refractivity contribution in [3.8, 4) is 6.07 Å². The molecule has 5 nitrogen and oxygen atoms in total. The first-order valence-electron chi connectivity index (χ1n) is 5.81. The van der Waals surface area contributed by atoms with Crippen molar-refractivity contribution in [2.24, 2.45) is 0 Å². The third-order valence-corrected chi connectivity index (χ3v) is 3.31. The highest BCUT2D eigenvalue weighted by Gasteiger charge is 2.35. The van der Waals surface area contributed by atoms with E-state index in [2.05, 4.69) is 21.3 Å². The van der Waals surface area contributed by atoms with Gasteiger partial charge in [0.15, 0.2) is 0 Å². The standard InChI is InChI=1S/C12H14N4O/c13-3-9-1-2-12(15-4-9)16-10-5-14-6-11(16)8-17-7-10/h1-2,4,10-11,14H,5-8H2. The molecule has 3 rings (SSSR count). The lowest BCUT2D eigenvalue weighted by Gasteiger charge is -2.46. The summed E-state index contributed by atoms with van der Waals surface area (Å²) < 4.78 is 5.57. The number of piperazine rings is 1. The Morgan fingerprint density at radius 3 is 2.71 bits per heavy atom.